The van der Waals surface area contributed by atoms with E-state index in [2.05, 4.69) is 35.9 Å². The van der Waals surface area contributed by atoms with E-state index in [-0.39, 0.29) is 0 Å². The van der Waals surface area contributed by atoms with Gasteiger partial charge in [-0.3, -0.25) is 0 Å². The van der Waals surface area contributed by atoms with Gasteiger partial charge in [0.2, 0.25) is 0 Å². The van der Waals surface area contributed by atoms with Gasteiger partial charge in [-0.15, -0.1) is 0 Å². The predicted octanol–water partition coefficient (Wildman–Crippen LogP) is 1.42. The molecule has 0 saturated carbocycles. The molecule has 3 heteroatoms. The van der Waals surface area contributed by atoms with Crippen molar-refractivity contribution < 1.29 is 4.43 Å². The van der Waals surface area contributed by atoms with Gasteiger partial charge in [-0.05, 0) is 0 Å². The summed E-state index contributed by atoms with van der Waals surface area (Å²) in [4.78, 5) is 0. The van der Waals surface area contributed by atoms with Gasteiger partial charge >= 0.3 is 60.6 Å². The van der Waals surface area contributed by atoms with E-state index in [4.69, 9.17) is 4.43 Å². The molecule has 0 aliphatic rings. The Morgan fingerprint density at radius 1 is 1.38 bits per heavy atom. The molecule has 0 bridgehead atoms. The van der Waals surface area contributed by atoms with Crippen LogP contribution in [0.5, 0.6) is 0 Å². The Labute approximate surface area is 61.0 Å². The standard InChI is InChI=1S/C5H13OSi.Al/c1-5-6-7(2,3)4;/h1,5H2,2-4H3;/q;+2. The molecule has 0 rings (SSSR count). The van der Waals surface area contributed by atoms with Gasteiger partial charge in [0.15, 0.2) is 0 Å². The molecule has 0 unspecified atom stereocenters. The van der Waals surface area contributed by atoms with Crippen LogP contribution in [0.15, 0.2) is 0 Å². The average Bonchev–Trinajstić information content (AvgIpc) is 1.59. The third-order valence-electron chi connectivity index (χ3n) is 0.653. The Kier molecular flexibility index (Phi) is 4.01. The number of hydrogen-bond donors (Lipinski definition) is 0. The quantitative estimate of drug-likeness (QED) is 0.544. The fourth-order valence-electron chi connectivity index (χ4n) is 0.365. The molecule has 44 valence electrons. The summed E-state index contributed by atoms with van der Waals surface area (Å²) >= 11 is 2.65. The molecule has 0 spiro atoms. The van der Waals surface area contributed by atoms with Crippen LogP contribution >= 0.6 is 0 Å². The van der Waals surface area contributed by atoms with Crippen molar-refractivity contribution in [1.29, 1.82) is 0 Å². The maximum absolute atomic E-state index is 5.50. The zero-order valence-corrected chi connectivity index (χ0v) is 8.05. The van der Waals surface area contributed by atoms with Gasteiger partial charge in [0.05, 0.1) is 0 Å². The van der Waals surface area contributed by atoms with Gasteiger partial charge in [0.25, 0.3) is 0 Å². The first-order valence-electron chi connectivity index (χ1n) is 2.90. The van der Waals surface area contributed by atoms with E-state index in [1.165, 1.54) is 0 Å². The molecule has 0 amide bonds. The SMILES string of the molecule is C[Si](C)(C)OC[CH2][Al+2]. The van der Waals surface area contributed by atoms with Gasteiger partial charge in [-0.2, -0.15) is 0 Å². The van der Waals surface area contributed by atoms with E-state index < -0.39 is 8.32 Å². The molecule has 0 aliphatic heterocycles. The van der Waals surface area contributed by atoms with E-state index in [0.717, 1.165) is 11.9 Å². The Balaban J connectivity index is 3.11. The molecule has 8 heavy (non-hydrogen) atoms. The monoisotopic (exact) mass is 144 g/mol. The minimum absolute atomic E-state index is 0.903. The summed E-state index contributed by atoms with van der Waals surface area (Å²) in [6.45, 7) is 7.51. The topological polar surface area (TPSA) is 9.23 Å². The molecule has 0 aromatic carbocycles. The van der Waals surface area contributed by atoms with Crippen LogP contribution in [0.4, 0.5) is 0 Å². The zero-order valence-electron chi connectivity index (χ0n) is 5.90. The minimum atomic E-state index is -1.19. The van der Waals surface area contributed by atoms with E-state index in [0.29, 0.717) is 0 Å². The second-order valence-electron chi connectivity index (χ2n) is 2.75. The van der Waals surface area contributed by atoms with E-state index in [1.54, 1.807) is 0 Å². The third kappa shape index (κ3) is 6.71. The van der Waals surface area contributed by atoms with Crippen LogP contribution in [0, 0.1) is 0 Å². The van der Waals surface area contributed by atoms with Gasteiger partial charge in [0, 0.05) is 0 Å². The Bertz CT molecular complexity index is 59.9. The molecule has 0 aliphatic carbocycles. The molecule has 1 nitrogen and oxygen atoms in total. The summed E-state index contributed by atoms with van der Waals surface area (Å²) in [6, 6.07) is 0. The number of rotatable bonds is 3. The second-order valence-corrected chi connectivity index (χ2v) is 7.84. The summed E-state index contributed by atoms with van der Waals surface area (Å²) in [7, 11) is -1.19. The summed E-state index contributed by atoms with van der Waals surface area (Å²) < 4.78 is 5.50. The molecular formula is C5H13AlOSi+2. The van der Waals surface area contributed by atoms with Crippen LogP contribution in [0.25, 0.3) is 0 Å². The van der Waals surface area contributed by atoms with Crippen LogP contribution in [0.3, 0.4) is 0 Å². The van der Waals surface area contributed by atoms with Crippen LogP contribution in [0.1, 0.15) is 0 Å². The van der Waals surface area contributed by atoms with Crippen LogP contribution in [0.2, 0.25) is 24.9 Å². The molecule has 0 N–H and O–H groups in total. The molecule has 0 saturated heterocycles. The maximum atomic E-state index is 5.50. The molecule has 0 radical (unpaired) electrons. The van der Waals surface area contributed by atoms with Gasteiger partial charge in [-0.25, -0.2) is 0 Å². The van der Waals surface area contributed by atoms with Crippen molar-refractivity contribution in [2.24, 2.45) is 0 Å². The summed E-state index contributed by atoms with van der Waals surface area (Å²) in [5.41, 5.74) is 0. The van der Waals surface area contributed by atoms with Crippen molar-refractivity contribution in [2.75, 3.05) is 6.61 Å². The predicted molar refractivity (Wildman–Crippen MR) is 39.9 cm³/mol. The normalized spacial score (nSPS) is 12.1. The number of hydrogen-bond acceptors (Lipinski definition) is 1. The summed E-state index contributed by atoms with van der Waals surface area (Å²) in [5.74, 6) is 0. The summed E-state index contributed by atoms with van der Waals surface area (Å²) in [6.07, 6.45) is 0. The molecule has 0 fully saturated rings. The van der Waals surface area contributed by atoms with Crippen LogP contribution in [-0.4, -0.2) is 31.2 Å². The molecule has 0 atom stereocenters. The van der Waals surface area contributed by atoms with Crippen LogP contribution in [-0.2, 0) is 4.43 Å². The first-order chi connectivity index (χ1) is 3.56. The van der Waals surface area contributed by atoms with Crippen molar-refractivity contribution >= 4 is 24.6 Å². The van der Waals surface area contributed by atoms with Gasteiger partial charge in [-0.1, -0.05) is 0 Å². The Morgan fingerprint density at radius 2 is 1.88 bits per heavy atom. The fraction of sp³-hybridized carbons (Fsp3) is 1.00. The van der Waals surface area contributed by atoms with Crippen molar-refractivity contribution in [2.45, 2.75) is 24.9 Å². The van der Waals surface area contributed by atoms with E-state index >= 15 is 0 Å². The Morgan fingerprint density at radius 3 is 2.00 bits per heavy atom. The first-order valence-corrected chi connectivity index (χ1v) is 7.13. The third-order valence-corrected chi connectivity index (χ3v) is 1.96. The van der Waals surface area contributed by atoms with E-state index in [1.807, 2.05) is 0 Å². The zero-order chi connectivity index (χ0) is 6.62. The van der Waals surface area contributed by atoms with Gasteiger partial charge in [0.1, 0.15) is 0 Å². The Hall–Kier alpha value is 0.709. The molecular weight excluding hydrogens is 131 g/mol. The van der Waals surface area contributed by atoms with Crippen molar-refractivity contribution in [3.63, 3.8) is 0 Å². The van der Waals surface area contributed by atoms with E-state index in [9.17, 15) is 0 Å². The second kappa shape index (κ2) is 3.68. The molecule has 0 heterocycles. The van der Waals surface area contributed by atoms with Crippen LogP contribution < -0.4 is 0 Å². The summed E-state index contributed by atoms with van der Waals surface area (Å²) in [5, 5.41) is 1.06. The van der Waals surface area contributed by atoms with Crippen molar-refractivity contribution in [3.05, 3.63) is 0 Å². The average molecular weight is 144 g/mol. The molecule has 0 aromatic heterocycles. The van der Waals surface area contributed by atoms with Gasteiger partial charge < -0.3 is 0 Å². The van der Waals surface area contributed by atoms with Crippen molar-refractivity contribution in [3.8, 4) is 0 Å². The molecule has 0 aromatic rings. The first kappa shape index (κ1) is 8.71. The van der Waals surface area contributed by atoms with Crippen molar-refractivity contribution in [1.82, 2.24) is 0 Å². The fourth-order valence-corrected chi connectivity index (χ4v) is 1.45.